The molecule has 51 heavy (non-hydrogen) atoms. The Kier molecular flexibility index (Phi) is 8.93. The van der Waals surface area contributed by atoms with Gasteiger partial charge in [-0.05, 0) is 60.9 Å². The van der Waals surface area contributed by atoms with Crippen molar-refractivity contribution in [3.05, 3.63) is 93.8 Å². The third kappa shape index (κ3) is 6.49. The van der Waals surface area contributed by atoms with Crippen molar-refractivity contribution in [2.24, 2.45) is 0 Å². The van der Waals surface area contributed by atoms with Gasteiger partial charge in [0, 0.05) is 43.4 Å². The summed E-state index contributed by atoms with van der Waals surface area (Å²) in [5, 5.41) is 18.6. The highest BCUT2D eigenvalue weighted by Crippen LogP contribution is 2.31. The number of fused-ring (bicyclic) bond motifs is 2. The maximum atomic E-state index is 14.2. The van der Waals surface area contributed by atoms with Gasteiger partial charge in [-0.3, -0.25) is 19.4 Å². The van der Waals surface area contributed by atoms with Gasteiger partial charge in [-0.25, -0.2) is 0 Å². The molecule has 3 aromatic heterocycles. The number of anilines is 2. The second kappa shape index (κ2) is 13.5. The summed E-state index contributed by atoms with van der Waals surface area (Å²) in [5.74, 6) is -0.643. The van der Waals surface area contributed by atoms with Gasteiger partial charge in [-0.15, -0.1) is 5.10 Å². The summed E-state index contributed by atoms with van der Waals surface area (Å²) in [6, 6.07) is 10.8. The summed E-state index contributed by atoms with van der Waals surface area (Å²) >= 11 is 0. The van der Waals surface area contributed by atoms with E-state index in [-0.39, 0.29) is 61.4 Å². The van der Waals surface area contributed by atoms with Crippen molar-refractivity contribution in [3.8, 4) is 5.75 Å². The number of carbonyl (C=O) groups is 2. The maximum absolute atomic E-state index is 14.2. The number of aromatic nitrogens is 5. The van der Waals surface area contributed by atoms with E-state index in [1.807, 2.05) is 24.0 Å². The molecule has 0 unspecified atom stereocenters. The van der Waals surface area contributed by atoms with E-state index in [0.717, 1.165) is 17.7 Å². The van der Waals surface area contributed by atoms with Crippen LogP contribution in [0.3, 0.4) is 0 Å². The normalized spacial score (nSPS) is 15.3. The molecule has 0 bridgehead atoms. The van der Waals surface area contributed by atoms with Crippen LogP contribution in [0.2, 0.25) is 0 Å². The number of alkyl halides is 3. The molecule has 2 aromatic carbocycles. The number of piperazine rings is 1. The summed E-state index contributed by atoms with van der Waals surface area (Å²) in [6.45, 7) is 3.34. The van der Waals surface area contributed by atoms with E-state index >= 15 is 0 Å². The van der Waals surface area contributed by atoms with Crippen LogP contribution < -0.4 is 15.8 Å². The van der Waals surface area contributed by atoms with Crippen LogP contribution in [0.15, 0.2) is 65.6 Å². The number of phenolic OH excluding ortho intramolecular Hbond substituents is 1. The molecular formula is C35H33F3N8O5. The molecule has 2 amide bonds. The highest BCUT2D eigenvalue weighted by Gasteiger charge is 2.32. The fourth-order valence-electron chi connectivity index (χ4n) is 6.52. The first kappa shape index (κ1) is 33.7. The van der Waals surface area contributed by atoms with Crippen molar-refractivity contribution in [1.82, 2.24) is 29.0 Å². The number of hydrogen-bond donors (Lipinski definition) is 2. The zero-order chi connectivity index (χ0) is 35.9. The minimum absolute atomic E-state index is 0.108. The fourth-order valence-corrected chi connectivity index (χ4v) is 6.52. The van der Waals surface area contributed by atoms with Crippen molar-refractivity contribution < 1.29 is 32.6 Å². The number of hydrogen-bond acceptors (Lipinski definition) is 9. The molecule has 5 aromatic rings. The first-order chi connectivity index (χ1) is 24.5. The number of aromatic hydroxyl groups is 1. The summed E-state index contributed by atoms with van der Waals surface area (Å²) in [4.78, 5) is 53.8. The maximum Gasteiger partial charge on any atom is 0.416 e. The molecule has 0 spiro atoms. The van der Waals surface area contributed by atoms with E-state index in [2.05, 4.69) is 20.4 Å². The molecule has 16 heteroatoms. The quantitative estimate of drug-likeness (QED) is 0.256. The Morgan fingerprint density at radius 2 is 1.80 bits per heavy atom. The molecular weight excluding hydrogens is 669 g/mol. The van der Waals surface area contributed by atoms with Crippen molar-refractivity contribution >= 4 is 45.4 Å². The van der Waals surface area contributed by atoms with Crippen LogP contribution >= 0.6 is 0 Å². The predicted molar refractivity (Wildman–Crippen MR) is 182 cm³/mol. The highest BCUT2D eigenvalue weighted by molar-refractivity contribution is 6.08. The molecule has 0 radical (unpaired) electrons. The van der Waals surface area contributed by atoms with Crippen molar-refractivity contribution in [2.75, 3.05) is 49.6 Å². The molecule has 1 fully saturated rings. The Hall–Kier alpha value is -5.77. The third-order valence-electron chi connectivity index (χ3n) is 9.06. The fraction of sp³-hybridized carbons (Fsp3) is 0.314. The van der Waals surface area contributed by atoms with Gasteiger partial charge in [0.1, 0.15) is 23.5 Å². The van der Waals surface area contributed by atoms with Crippen LogP contribution in [0, 0.1) is 0 Å². The second-order valence-electron chi connectivity index (χ2n) is 12.2. The molecule has 0 atom stereocenters. The number of amides is 2. The third-order valence-corrected chi connectivity index (χ3v) is 9.06. The van der Waals surface area contributed by atoms with E-state index in [4.69, 9.17) is 4.74 Å². The Morgan fingerprint density at radius 3 is 2.49 bits per heavy atom. The van der Waals surface area contributed by atoms with E-state index in [9.17, 15) is 32.7 Å². The summed E-state index contributed by atoms with van der Waals surface area (Å²) in [5.41, 5.74) is 0.986. The van der Waals surface area contributed by atoms with E-state index in [0.29, 0.717) is 54.2 Å². The molecule has 2 aliphatic rings. The van der Waals surface area contributed by atoms with Crippen molar-refractivity contribution in [2.45, 2.75) is 32.5 Å². The topological polar surface area (TPSA) is 147 Å². The molecule has 0 saturated carbocycles. The molecule has 1 saturated heterocycles. The lowest BCUT2D eigenvalue weighted by atomic mass is 10.1. The number of pyridine rings is 1. The number of halogens is 3. The number of nitrogens with one attached hydrogen (secondary N) is 1. The van der Waals surface area contributed by atoms with Crippen LogP contribution in [-0.2, 0) is 28.7 Å². The molecule has 2 aliphatic heterocycles. The average molecular weight is 703 g/mol. The van der Waals surface area contributed by atoms with Crippen molar-refractivity contribution in [1.29, 1.82) is 0 Å². The Morgan fingerprint density at radius 1 is 1.04 bits per heavy atom. The minimum atomic E-state index is -4.52. The Balaban J connectivity index is 1.21. The van der Waals surface area contributed by atoms with Crippen molar-refractivity contribution in [3.63, 3.8) is 0 Å². The monoisotopic (exact) mass is 702 g/mol. The Labute approximate surface area is 288 Å². The number of phenols is 1. The molecule has 5 heterocycles. The number of benzene rings is 2. The van der Waals surface area contributed by atoms with E-state index in [1.54, 1.807) is 27.8 Å². The van der Waals surface area contributed by atoms with Gasteiger partial charge in [-0.1, -0.05) is 19.1 Å². The number of nitrogens with zero attached hydrogens (tertiary/aromatic N) is 7. The zero-order valence-electron chi connectivity index (χ0n) is 27.5. The van der Waals surface area contributed by atoms with Gasteiger partial charge in [0.25, 0.3) is 11.5 Å². The standard InChI is InChI=1S/C35H33F3N8O5/c1-2-25-30(43-14-16-44(17-15-43)32(49)28-26(47)10-5-21-4-3-13-39-29(21)28)33(50)46-34(41-31(42-46)22-11-18-51-19-12-22)45(25)20-27(48)40-24-8-6-23(7-9-24)35(36,37)38/h3-11,13,47H,2,12,14-20H2,1H3,(H,40,48). The van der Waals surface area contributed by atoms with Gasteiger partial charge < -0.3 is 29.5 Å². The second-order valence-corrected chi connectivity index (χ2v) is 12.2. The summed E-state index contributed by atoms with van der Waals surface area (Å²) in [6.07, 6.45) is -0.268. The van der Waals surface area contributed by atoms with E-state index in [1.165, 1.54) is 22.7 Å². The van der Waals surface area contributed by atoms with Crippen LogP contribution in [0.1, 0.15) is 40.8 Å². The molecule has 2 N–H and O–H groups in total. The highest BCUT2D eigenvalue weighted by atomic mass is 19.4. The lowest BCUT2D eigenvalue weighted by Gasteiger charge is -2.37. The molecule has 13 nitrogen and oxygen atoms in total. The predicted octanol–water partition coefficient (Wildman–Crippen LogP) is 4.13. The smallest absolute Gasteiger partial charge is 0.416 e. The van der Waals surface area contributed by atoms with Gasteiger partial charge in [0.15, 0.2) is 5.82 Å². The van der Waals surface area contributed by atoms with Crippen LogP contribution in [0.5, 0.6) is 5.75 Å². The SMILES string of the molecule is CCc1c(N2CCN(C(=O)c3c(O)ccc4cccnc34)CC2)c(=O)n2nc(C3=CCOCC3)nc2n1CC(=O)Nc1ccc(C(F)(F)F)cc1. The van der Waals surface area contributed by atoms with Gasteiger partial charge in [0.2, 0.25) is 11.7 Å². The number of ether oxygens (including phenoxy) is 1. The largest absolute Gasteiger partial charge is 0.507 e. The van der Waals surface area contributed by atoms with Gasteiger partial charge in [0.05, 0.1) is 30.0 Å². The van der Waals surface area contributed by atoms with Crippen LogP contribution in [0.4, 0.5) is 24.5 Å². The summed E-state index contributed by atoms with van der Waals surface area (Å²) < 4.78 is 47.5. The first-order valence-electron chi connectivity index (χ1n) is 16.4. The molecule has 264 valence electrons. The average Bonchev–Trinajstić information content (AvgIpc) is 3.59. The number of rotatable bonds is 7. The zero-order valence-corrected chi connectivity index (χ0v) is 27.5. The minimum Gasteiger partial charge on any atom is -0.507 e. The van der Waals surface area contributed by atoms with E-state index < -0.39 is 23.2 Å². The van der Waals surface area contributed by atoms with Gasteiger partial charge in [-0.2, -0.15) is 22.7 Å². The summed E-state index contributed by atoms with van der Waals surface area (Å²) in [7, 11) is 0. The van der Waals surface area contributed by atoms with Crippen LogP contribution in [0.25, 0.3) is 22.3 Å². The van der Waals surface area contributed by atoms with Crippen LogP contribution in [-0.4, -0.2) is 85.4 Å². The number of carbonyl (C=O) groups excluding carboxylic acids is 2. The molecule has 7 rings (SSSR count). The van der Waals surface area contributed by atoms with Gasteiger partial charge >= 0.3 is 6.18 Å². The lowest BCUT2D eigenvalue weighted by molar-refractivity contribution is -0.137. The lowest BCUT2D eigenvalue weighted by Crippen LogP contribution is -2.51. The first-order valence-corrected chi connectivity index (χ1v) is 16.4. The molecule has 0 aliphatic carbocycles. The Bertz CT molecular complexity index is 2240.